The summed E-state index contributed by atoms with van der Waals surface area (Å²) < 4.78 is 5.76. The molecule has 24 heavy (non-hydrogen) atoms. The van der Waals surface area contributed by atoms with E-state index in [9.17, 15) is 9.59 Å². The van der Waals surface area contributed by atoms with Crippen molar-refractivity contribution in [1.82, 2.24) is 10.2 Å². The summed E-state index contributed by atoms with van der Waals surface area (Å²) in [5.74, 6) is 0.710. The van der Waals surface area contributed by atoms with Crippen LogP contribution in [-0.4, -0.2) is 42.4 Å². The summed E-state index contributed by atoms with van der Waals surface area (Å²) >= 11 is 0. The number of carbonyl (C=O) groups excluding carboxylic acids is 2. The van der Waals surface area contributed by atoms with Gasteiger partial charge in [0.15, 0.2) is 0 Å². The minimum absolute atomic E-state index is 0.138. The van der Waals surface area contributed by atoms with E-state index < -0.39 is 11.9 Å². The molecule has 1 atom stereocenters. The first-order chi connectivity index (χ1) is 11.6. The van der Waals surface area contributed by atoms with Crippen molar-refractivity contribution in [3.63, 3.8) is 0 Å². The van der Waals surface area contributed by atoms with Crippen LogP contribution in [0.5, 0.6) is 11.5 Å². The van der Waals surface area contributed by atoms with Crippen LogP contribution in [0.25, 0.3) is 0 Å². The molecule has 0 unspecified atom stereocenters. The second-order valence-electron chi connectivity index (χ2n) is 5.60. The molecule has 6 heteroatoms. The van der Waals surface area contributed by atoms with Crippen LogP contribution in [0.2, 0.25) is 0 Å². The van der Waals surface area contributed by atoms with Gasteiger partial charge in [0.05, 0.1) is 0 Å². The van der Waals surface area contributed by atoms with Crippen molar-refractivity contribution in [1.29, 1.82) is 0 Å². The molecule has 6 nitrogen and oxygen atoms in total. The van der Waals surface area contributed by atoms with E-state index in [0.717, 1.165) is 0 Å². The topological polar surface area (TPSA) is 84.7 Å². The van der Waals surface area contributed by atoms with Gasteiger partial charge in [-0.2, -0.15) is 0 Å². The molecule has 0 saturated carbocycles. The van der Waals surface area contributed by atoms with Crippen molar-refractivity contribution in [2.75, 3.05) is 19.6 Å². The average molecular weight is 325 g/mol. The van der Waals surface area contributed by atoms with Crippen molar-refractivity contribution in [3.05, 3.63) is 60.2 Å². The van der Waals surface area contributed by atoms with Gasteiger partial charge in [0.2, 0.25) is 5.91 Å². The van der Waals surface area contributed by atoms with Crippen molar-refractivity contribution in [2.24, 2.45) is 5.73 Å². The summed E-state index contributed by atoms with van der Waals surface area (Å²) in [5, 5.41) is 3.01. The molecule has 0 aromatic heterocycles. The predicted octanol–water partition coefficient (Wildman–Crippen LogP) is 1.38. The molecule has 1 aliphatic heterocycles. The first-order valence-corrected chi connectivity index (χ1v) is 7.78. The number of rotatable bonds is 4. The fraction of sp³-hybridized carbons (Fsp3) is 0.222. The molecule has 0 aliphatic carbocycles. The Morgan fingerprint density at radius 2 is 1.83 bits per heavy atom. The number of nitrogens with two attached hydrogens (primary N) is 1. The molecule has 3 rings (SSSR count). The normalized spacial score (nSPS) is 17.3. The zero-order valence-corrected chi connectivity index (χ0v) is 13.1. The standard InChI is InChI=1S/C18H19N3O3/c19-17(22)16-12-21(10-9-20-16)18(23)13-5-4-8-15(11-13)24-14-6-2-1-3-7-14/h1-8,11,16,20H,9-10,12H2,(H2,19,22)/t16-/m0/s1. The smallest absolute Gasteiger partial charge is 0.254 e. The van der Waals surface area contributed by atoms with Gasteiger partial charge in [-0.1, -0.05) is 24.3 Å². The van der Waals surface area contributed by atoms with Crippen LogP contribution in [-0.2, 0) is 4.79 Å². The second kappa shape index (κ2) is 7.14. The van der Waals surface area contributed by atoms with Gasteiger partial charge in [-0.05, 0) is 30.3 Å². The number of para-hydroxylation sites is 1. The van der Waals surface area contributed by atoms with Crippen molar-refractivity contribution in [3.8, 4) is 11.5 Å². The number of nitrogens with one attached hydrogen (secondary N) is 1. The maximum Gasteiger partial charge on any atom is 0.254 e. The molecule has 1 fully saturated rings. The van der Waals surface area contributed by atoms with Gasteiger partial charge < -0.3 is 20.7 Å². The molecule has 0 bridgehead atoms. The van der Waals surface area contributed by atoms with Gasteiger partial charge in [0.25, 0.3) is 5.91 Å². The summed E-state index contributed by atoms with van der Waals surface area (Å²) in [4.78, 5) is 25.6. The van der Waals surface area contributed by atoms with Crippen molar-refractivity contribution < 1.29 is 14.3 Å². The third kappa shape index (κ3) is 3.72. The number of benzene rings is 2. The Hall–Kier alpha value is -2.86. The number of carbonyl (C=O) groups is 2. The van der Waals surface area contributed by atoms with Crippen LogP contribution in [0.4, 0.5) is 0 Å². The summed E-state index contributed by atoms with van der Waals surface area (Å²) in [6, 6.07) is 15.9. The van der Waals surface area contributed by atoms with E-state index in [0.29, 0.717) is 30.2 Å². The Labute approximate surface area is 140 Å². The third-order valence-electron chi connectivity index (χ3n) is 3.87. The minimum atomic E-state index is -0.508. The van der Waals surface area contributed by atoms with E-state index in [1.807, 2.05) is 30.3 Å². The van der Waals surface area contributed by atoms with Crippen LogP contribution in [0.15, 0.2) is 54.6 Å². The fourth-order valence-electron chi connectivity index (χ4n) is 2.62. The van der Waals surface area contributed by atoms with Gasteiger partial charge >= 0.3 is 0 Å². The number of piperazine rings is 1. The summed E-state index contributed by atoms with van der Waals surface area (Å²) in [7, 11) is 0. The highest BCUT2D eigenvalue weighted by Crippen LogP contribution is 2.22. The average Bonchev–Trinajstić information content (AvgIpc) is 2.62. The van der Waals surface area contributed by atoms with Gasteiger partial charge in [-0.15, -0.1) is 0 Å². The molecule has 2 amide bonds. The van der Waals surface area contributed by atoms with E-state index >= 15 is 0 Å². The SMILES string of the molecule is NC(=O)[C@@H]1CN(C(=O)c2cccc(Oc3ccccc3)c2)CCN1. The highest BCUT2D eigenvalue weighted by atomic mass is 16.5. The molecule has 1 aliphatic rings. The van der Waals surface area contributed by atoms with E-state index in [1.165, 1.54) is 0 Å². The second-order valence-corrected chi connectivity index (χ2v) is 5.60. The Balaban J connectivity index is 1.73. The number of nitrogens with zero attached hydrogens (tertiary/aromatic N) is 1. The van der Waals surface area contributed by atoms with Gasteiger partial charge in [0.1, 0.15) is 17.5 Å². The van der Waals surface area contributed by atoms with Gasteiger partial charge in [-0.3, -0.25) is 9.59 Å². The number of ether oxygens (including phenoxy) is 1. The quantitative estimate of drug-likeness (QED) is 0.889. The fourth-order valence-corrected chi connectivity index (χ4v) is 2.62. The summed E-state index contributed by atoms with van der Waals surface area (Å²) in [6.45, 7) is 1.35. The van der Waals surface area contributed by atoms with E-state index in [1.54, 1.807) is 29.2 Å². The molecule has 0 spiro atoms. The Morgan fingerprint density at radius 1 is 1.08 bits per heavy atom. The highest BCUT2D eigenvalue weighted by molar-refractivity contribution is 5.95. The lowest BCUT2D eigenvalue weighted by atomic mass is 10.1. The van der Waals surface area contributed by atoms with Crippen LogP contribution in [0.1, 0.15) is 10.4 Å². The monoisotopic (exact) mass is 325 g/mol. The highest BCUT2D eigenvalue weighted by Gasteiger charge is 2.27. The van der Waals surface area contributed by atoms with Gasteiger partial charge in [0, 0.05) is 25.2 Å². The van der Waals surface area contributed by atoms with E-state index in [4.69, 9.17) is 10.5 Å². The predicted molar refractivity (Wildman–Crippen MR) is 89.8 cm³/mol. The number of hydrogen-bond donors (Lipinski definition) is 2. The maximum atomic E-state index is 12.7. The lowest BCUT2D eigenvalue weighted by Gasteiger charge is -2.32. The number of hydrogen-bond acceptors (Lipinski definition) is 4. The van der Waals surface area contributed by atoms with Gasteiger partial charge in [-0.25, -0.2) is 0 Å². The molecule has 3 N–H and O–H groups in total. The lowest BCUT2D eigenvalue weighted by Crippen LogP contribution is -2.57. The molecule has 0 radical (unpaired) electrons. The van der Waals surface area contributed by atoms with Crippen molar-refractivity contribution in [2.45, 2.75) is 6.04 Å². The van der Waals surface area contributed by atoms with E-state index in [2.05, 4.69) is 5.32 Å². The number of amides is 2. The molecular formula is C18H19N3O3. The summed E-state index contributed by atoms with van der Waals surface area (Å²) in [5.41, 5.74) is 5.84. The minimum Gasteiger partial charge on any atom is -0.457 e. The van der Waals surface area contributed by atoms with E-state index in [-0.39, 0.29) is 12.5 Å². The Kier molecular flexibility index (Phi) is 4.77. The van der Waals surface area contributed by atoms with Crippen LogP contribution in [0, 0.1) is 0 Å². The zero-order chi connectivity index (χ0) is 16.9. The zero-order valence-electron chi connectivity index (χ0n) is 13.1. The molecule has 1 saturated heterocycles. The summed E-state index contributed by atoms with van der Waals surface area (Å²) in [6.07, 6.45) is 0. The van der Waals surface area contributed by atoms with Crippen LogP contribution in [0.3, 0.4) is 0 Å². The van der Waals surface area contributed by atoms with Crippen LogP contribution < -0.4 is 15.8 Å². The third-order valence-corrected chi connectivity index (χ3v) is 3.87. The maximum absolute atomic E-state index is 12.7. The number of primary amides is 1. The van der Waals surface area contributed by atoms with Crippen molar-refractivity contribution >= 4 is 11.8 Å². The lowest BCUT2D eigenvalue weighted by molar-refractivity contribution is -0.120. The Bertz CT molecular complexity index is 733. The van der Waals surface area contributed by atoms with Crippen LogP contribution >= 0.6 is 0 Å². The molecule has 2 aromatic rings. The first-order valence-electron chi connectivity index (χ1n) is 7.78. The molecule has 2 aromatic carbocycles. The Morgan fingerprint density at radius 3 is 2.58 bits per heavy atom. The first kappa shape index (κ1) is 16.0. The molecule has 124 valence electrons. The molecular weight excluding hydrogens is 306 g/mol. The largest absolute Gasteiger partial charge is 0.457 e. The molecule has 1 heterocycles.